The number of hydrogen-bond acceptors (Lipinski definition) is 5. The van der Waals surface area contributed by atoms with Gasteiger partial charge in [0.2, 0.25) is 0 Å². The highest BCUT2D eigenvalue weighted by Crippen LogP contribution is 2.15. The molecule has 0 amide bonds. The molecule has 18 heavy (non-hydrogen) atoms. The minimum absolute atomic E-state index is 0.270. The van der Waals surface area contributed by atoms with Gasteiger partial charge in [0.15, 0.2) is 6.10 Å². The molecule has 5 heteroatoms. The molecule has 0 unspecified atom stereocenters. The molecule has 0 N–H and O–H groups in total. The second kappa shape index (κ2) is 7.68. The van der Waals surface area contributed by atoms with E-state index in [0.717, 1.165) is 0 Å². The minimum Gasteiger partial charge on any atom is -0.494 e. The molecule has 5 nitrogen and oxygen atoms in total. The molecule has 0 atom stereocenters. The maximum absolute atomic E-state index is 11.7. The molecule has 0 heterocycles. The third-order valence-corrected chi connectivity index (χ3v) is 1.99. The summed E-state index contributed by atoms with van der Waals surface area (Å²) in [5.74, 6) is 0.0385. The highest BCUT2D eigenvalue weighted by atomic mass is 17.2. The maximum atomic E-state index is 11.7. The van der Waals surface area contributed by atoms with E-state index in [4.69, 9.17) is 14.4 Å². The van der Waals surface area contributed by atoms with E-state index in [1.807, 2.05) is 6.92 Å². The van der Waals surface area contributed by atoms with Crippen molar-refractivity contribution >= 4 is 5.97 Å². The first-order valence-corrected chi connectivity index (χ1v) is 5.60. The lowest BCUT2D eigenvalue weighted by molar-refractivity contribution is -0.237. The van der Waals surface area contributed by atoms with Crippen LogP contribution in [0.2, 0.25) is 0 Å². The Morgan fingerprint density at radius 2 is 2.06 bits per heavy atom. The van der Waals surface area contributed by atoms with E-state index in [1.54, 1.807) is 31.2 Å². The zero-order valence-corrected chi connectivity index (χ0v) is 10.8. The normalized spacial score (nSPS) is 10.4. The van der Waals surface area contributed by atoms with E-state index in [1.165, 1.54) is 7.11 Å². The summed E-state index contributed by atoms with van der Waals surface area (Å²) >= 11 is 0. The van der Waals surface area contributed by atoms with E-state index in [2.05, 4.69) is 4.89 Å². The molecular formula is C13H17O5. The smallest absolute Gasteiger partial charge is 0.373 e. The largest absolute Gasteiger partial charge is 0.494 e. The second-order valence-corrected chi connectivity index (χ2v) is 3.55. The fourth-order valence-electron chi connectivity index (χ4n) is 1.26. The Bertz CT molecular complexity index is 377. The van der Waals surface area contributed by atoms with Gasteiger partial charge in [-0.3, -0.25) is 4.89 Å². The van der Waals surface area contributed by atoms with Crippen LogP contribution in [0.25, 0.3) is 0 Å². The van der Waals surface area contributed by atoms with Gasteiger partial charge in [0, 0.05) is 7.11 Å². The molecule has 0 spiro atoms. The third kappa shape index (κ3) is 4.73. The van der Waals surface area contributed by atoms with Gasteiger partial charge in [-0.1, -0.05) is 6.07 Å². The quantitative estimate of drug-likeness (QED) is 0.551. The topological polar surface area (TPSA) is 54.0 Å². The van der Waals surface area contributed by atoms with E-state index < -0.39 is 5.97 Å². The first-order valence-electron chi connectivity index (χ1n) is 5.60. The van der Waals surface area contributed by atoms with Gasteiger partial charge in [0.1, 0.15) is 5.75 Å². The molecule has 99 valence electrons. The number of rotatable bonds is 7. The van der Waals surface area contributed by atoms with Crippen LogP contribution >= 0.6 is 0 Å². The molecule has 0 aliphatic rings. The molecule has 1 rings (SSSR count). The molecule has 0 saturated heterocycles. The average Bonchev–Trinajstić information content (AvgIpc) is 2.37. The van der Waals surface area contributed by atoms with Gasteiger partial charge in [-0.15, -0.1) is 0 Å². The highest BCUT2D eigenvalue weighted by Gasteiger charge is 2.12. The first-order chi connectivity index (χ1) is 8.67. The third-order valence-electron chi connectivity index (χ3n) is 1.99. The van der Waals surface area contributed by atoms with Crippen LogP contribution in [-0.4, -0.2) is 26.3 Å². The Balaban J connectivity index is 2.53. The van der Waals surface area contributed by atoms with Gasteiger partial charge >= 0.3 is 5.97 Å². The zero-order valence-electron chi connectivity index (χ0n) is 10.8. The van der Waals surface area contributed by atoms with Gasteiger partial charge in [-0.25, -0.2) is 4.79 Å². The predicted octanol–water partition coefficient (Wildman–Crippen LogP) is 2.37. The van der Waals surface area contributed by atoms with E-state index in [0.29, 0.717) is 24.0 Å². The summed E-state index contributed by atoms with van der Waals surface area (Å²) in [6, 6.07) is 6.71. The summed E-state index contributed by atoms with van der Waals surface area (Å²) < 4.78 is 10.1. The number of ether oxygens (including phenoxy) is 2. The summed E-state index contributed by atoms with van der Waals surface area (Å²) in [6.45, 7) is 4.34. The van der Waals surface area contributed by atoms with Crippen LogP contribution in [-0.2, 0) is 14.5 Å². The maximum Gasteiger partial charge on any atom is 0.373 e. The Morgan fingerprint density at radius 1 is 1.28 bits per heavy atom. The van der Waals surface area contributed by atoms with E-state index in [9.17, 15) is 4.79 Å². The molecule has 0 saturated carbocycles. The summed E-state index contributed by atoms with van der Waals surface area (Å²) in [4.78, 5) is 21.1. The van der Waals surface area contributed by atoms with Crippen molar-refractivity contribution in [3.05, 3.63) is 35.9 Å². The number of carbonyl (C=O) groups is 1. The second-order valence-electron chi connectivity index (χ2n) is 3.55. The molecule has 0 aliphatic carbocycles. The number of hydrogen-bond donors (Lipinski definition) is 0. The van der Waals surface area contributed by atoms with Crippen molar-refractivity contribution in [2.24, 2.45) is 0 Å². The summed E-state index contributed by atoms with van der Waals surface area (Å²) in [6.07, 6.45) is 0.465. The number of methoxy groups -OCH3 is 1. The molecule has 1 aromatic carbocycles. The van der Waals surface area contributed by atoms with E-state index in [-0.39, 0.29) is 6.61 Å². The molecule has 0 aliphatic heterocycles. The average molecular weight is 253 g/mol. The van der Waals surface area contributed by atoms with Gasteiger partial charge in [0.05, 0.1) is 18.8 Å². The van der Waals surface area contributed by atoms with Crippen molar-refractivity contribution in [2.45, 2.75) is 13.8 Å². The lowest BCUT2D eigenvalue weighted by Gasteiger charge is -2.09. The summed E-state index contributed by atoms with van der Waals surface area (Å²) in [5.41, 5.74) is 0.367. The highest BCUT2D eigenvalue weighted by molar-refractivity contribution is 5.89. The predicted molar refractivity (Wildman–Crippen MR) is 64.9 cm³/mol. The van der Waals surface area contributed by atoms with Crippen LogP contribution in [0.1, 0.15) is 24.2 Å². The van der Waals surface area contributed by atoms with Gasteiger partial charge in [-0.05, 0) is 32.0 Å². The lowest BCUT2D eigenvalue weighted by atomic mass is 10.2. The summed E-state index contributed by atoms with van der Waals surface area (Å²) in [7, 11) is 1.53. The zero-order chi connectivity index (χ0) is 13.4. The first kappa shape index (κ1) is 14.5. The van der Waals surface area contributed by atoms with Crippen LogP contribution in [0.5, 0.6) is 5.75 Å². The summed E-state index contributed by atoms with van der Waals surface area (Å²) in [5, 5.41) is 0. The Morgan fingerprint density at radius 3 is 2.72 bits per heavy atom. The Labute approximate surface area is 107 Å². The molecule has 1 radical (unpaired) electrons. The Kier molecular flexibility index (Phi) is 6.18. The van der Waals surface area contributed by atoms with Crippen molar-refractivity contribution in [3.8, 4) is 5.75 Å². The van der Waals surface area contributed by atoms with Crippen LogP contribution in [0.4, 0.5) is 0 Å². The van der Waals surface area contributed by atoms with Gasteiger partial charge in [0.25, 0.3) is 0 Å². The number of benzene rings is 1. The SMILES string of the molecule is CCOc1cccc(C(=O)OO[C](C)COC)c1. The van der Waals surface area contributed by atoms with Crippen molar-refractivity contribution in [2.75, 3.05) is 20.3 Å². The standard InChI is InChI=1S/C13H17O5/c1-4-16-12-7-5-6-11(8-12)13(14)18-17-10(2)9-15-3/h5-8H,4,9H2,1-3H3. The van der Waals surface area contributed by atoms with Crippen molar-refractivity contribution in [3.63, 3.8) is 0 Å². The van der Waals surface area contributed by atoms with Crippen LogP contribution in [0.15, 0.2) is 24.3 Å². The Hall–Kier alpha value is -1.59. The molecular weight excluding hydrogens is 236 g/mol. The van der Waals surface area contributed by atoms with Crippen LogP contribution in [0, 0.1) is 6.10 Å². The van der Waals surface area contributed by atoms with Crippen molar-refractivity contribution in [1.82, 2.24) is 0 Å². The van der Waals surface area contributed by atoms with Gasteiger partial charge < -0.3 is 9.47 Å². The van der Waals surface area contributed by atoms with E-state index >= 15 is 0 Å². The monoisotopic (exact) mass is 253 g/mol. The molecule has 1 aromatic rings. The molecule has 0 bridgehead atoms. The van der Waals surface area contributed by atoms with Crippen LogP contribution in [0.3, 0.4) is 0 Å². The fourth-order valence-corrected chi connectivity index (χ4v) is 1.26. The fraction of sp³-hybridized carbons (Fsp3) is 0.385. The lowest BCUT2D eigenvalue weighted by Crippen LogP contribution is -2.12. The minimum atomic E-state index is -0.577. The van der Waals surface area contributed by atoms with Gasteiger partial charge in [-0.2, -0.15) is 4.89 Å². The number of carbonyl (C=O) groups excluding carboxylic acids is 1. The van der Waals surface area contributed by atoms with Crippen molar-refractivity contribution < 1.29 is 24.0 Å². The van der Waals surface area contributed by atoms with Crippen molar-refractivity contribution in [1.29, 1.82) is 0 Å². The molecule has 0 fully saturated rings. The van der Waals surface area contributed by atoms with Crippen LogP contribution < -0.4 is 4.74 Å². The molecule has 0 aromatic heterocycles.